The van der Waals surface area contributed by atoms with E-state index >= 15 is 0 Å². The van der Waals surface area contributed by atoms with Crippen LogP contribution < -0.4 is 14.8 Å². The third-order valence-electron chi connectivity index (χ3n) is 4.06. The van der Waals surface area contributed by atoms with Crippen LogP contribution in [0.1, 0.15) is 13.8 Å². The van der Waals surface area contributed by atoms with Crippen molar-refractivity contribution in [2.45, 2.75) is 13.8 Å². The molecule has 1 aliphatic heterocycles. The number of benzene rings is 1. The van der Waals surface area contributed by atoms with Crippen molar-refractivity contribution in [3.8, 4) is 11.5 Å². The zero-order valence-electron chi connectivity index (χ0n) is 14.5. The first-order chi connectivity index (χ1) is 11.4. The van der Waals surface area contributed by atoms with Crippen LogP contribution >= 0.6 is 0 Å². The molecule has 1 heterocycles. The number of nitrogens with zero attached hydrogens (tertiary/aromatic N) is 1. The molecule has 2 amide bonds. The number of hydrogen-bond donors (Lipinski definition) is 1. The quantitative estimate of drug-likeness (QED) is 0.825. The lowest BCUT2D eigenvalue weighted by atomic mass is 9.90. The summed E-state index contributed by atoms with van der Waals surface area (Å²) in [5.74, 6) is 0.470. The summed E-state index contributed by atoms with van der Waals surface area (Å²) in [5, 5.41) is 2.77. The van der Waals surface area contributed by atoms with Crippen LogP contribution in [0.15, 0.2) is 18.2 Å². The number of carbonyl (C=O) groups excluding carboxylic acids is 2. The van der Waals surface area contributed by atoms with Gasteiger partial charge in [-0.1, -0.05) is 0 Å². The fourth-order valence-electron chi connectivity index (χ4n) is 2.45. The molecule has 0 radical (unpaired) electrons. The molecule has 7 heteroatoms. The molecule has 1 aromatic rings. The maximum atomic E-state index is 12.7. The van der Waals surface area contributed by atoms with E-state index in [1.54, 1.807) is 44.1 Å². The summed E-state index contributed by atoms with van der Waals surface area (Å²) in [6.07, 6.45) is 0. The van der Waals surface area contributed by atoms with E-state index in [-0.39, 0.29) is 5.91 Å². The third kappa shape index (κ3) is 3.79. The molecule has 1 fully saturated rings. The first kappa shape index (κ1) is 18.1. The Balaban J connectivity index is 2.16. The molecule has 0 saturated carbocycles. The summed E-state index contributed by atoms with van der Waals surface area (Å²) in [7, 11) is 3.06. The predicted octanol–water partition coefficient (Wildman–Crippen LogP) is 1.53. The Morgan fingerprint density at radius 3 is 2.42 bits per heavy atom. The first-order valence-corrected chi connectivity index (χ1v) is 7.80. The molecule has 0 bridgehead atoms. The zero-order chi connectivity index (χ0) is 17.7. The molecular weight excluding hydrogens is 312 g/mol. The van der Waals surface area contributed by atoms with Crippen LogP contribution in [0.4, 0.5) is 5.69 Å². The molecule has 0 aromatic heterocycles. The number of ether oxygens (including phenoxy) is 3. The van der Waals surface area contributed by atoms with Crippen molar-refractivity contribution in [1.29, 1.82) is 0 Å². The maximum Gasteiger partial charge on any atom is 0.239 e. The smallest absolute Gasteiger partial charge is 0.239 e. The average Bonchev–Trinajstić information content (AvgIpc) is 2.61. The summed E-state index contributed by atoms with van der Waals surface area (Å²) in [5.41, 5.74) is -0.740. The van der Waals surface area contributed by atoms with Crippen LogP contribution in [0, 0.1) is 5.41 Å². The van der Waals surface area contributed by atoms with Gasteiger partial charge in [0.05, 0.1) is 33.1 Å². The predicted molar refractivity (Wildman–Crippen MR) is 89.4 cm³/mol. The molecule has 2 rings (SSSR count). The van der Waals surface area contributed by atoms with Crippen LogP contribution in [-0.2, 0) is 14.3 Å². The number of hydrogen-bond acceptors (Lipinski definition) is 5. The minimum atomic E-state index is -1.20. The summed E-state index contributed by atoms with van der Waals surface area (Å²) in [4.78, 5) is 27.0. The van der Waals surface area contributed by atoms with Gasteiger partial charge in [0.1, 0.15) is 16.9 Å². The number of methoxy groups -OCH3 is 2. The third-order valence-corrected chi connectivity index (χ3v) is 4.06. The Bertz CT molecular complexity index is 609. The minimum absolute atomic E-state index is 0.217. The number of morpholine rings is 1. The summed E-state index contributed by atoms with van der Waals surface area (Å²) >= 11 is 0. The standard InChI is InChI=1S/C17H24N2O5/c1-17(2,16(21)19-7-9-24-10-8-19)15(20)18-13-11-12(22-3)5-6-14(13)23-4/h5-6,11H,7-10H2,1-4H3,(H,18,20). The highest BCUT2D eigenvalue weighted by atomic mass is 16.5. The van der Waals surface area contributed by atoms with Gasteiger partial charge in [0.15, 0.2) is 0 Å². The van der Waals surface area contributed by atoms with E-state index in [4.69, 9.17) is 14.2 Å². The SMILES string of the molecule is COc1ccc(OC)c(NC(=O)C(C)(C)C(=O)N2CCOCC2)c1. The Morgan fingerprint density at radius 2 is 1.83 bits per heavy atom. The Labute approximate surface area is 141 Å². The average molecular weight is 336 g/mol. The van der Waals surface area contributed by atoms with Gasteiger partial charge >= 0.3 is 0 Å². The van der Waals surface area contributed by atoms with Gasteiger partial charge in [-0.05, 0) is 26.0 Å². The van der Waals surface area contributed by atoms with E-state index in [1.165, 1.54) is 7.11 Å². The lowest BCUT2D eigenvalue weighted by Gasteiger charge is -2.33. The highest BCUT2D eigenvalue weighted by Crippen LogP contribution is 2.31. The van der Waals surface area contributed by atoms with Crippen LogP contribution in [-0.4, -0.2) is 57.2 Å². The van der Waals surface area contributed by atoms with Crippen molar-refractivity contribution < 1.29 is 23.8 Å². The fraction of sp³-hybridized carbons (Fsp3) is 0.529. The molecule has 132 valence electrons. The number of carbonyl (C=O) groups is 2. The molecule has 0 aliphatic carbocycles. The van der Waals surface area contributed by atoms with Gasteiger partial charge in [0, 0.05) is 19.2 Å². The van der Waals surface area contributed by atoms with E-state index in [1.807, 2.05) is 0 Å². The van der Waals surface area contributed by atoms with Crippen molar-refractivity contribution in [3.63, 3.8) is 0 Å². The maximum absolute atomic E-state index is 12.7. The Morgan fingerprint density at radius 1 is 1.17 bits per heavy atom. The van der Waals surface area contributed by atoms with Crippen molar-refractivity contribution in [1.82, 2.24) is 4.90 Å². The van der Waals surface area contributed by atoms with Gasteiger partial charge < -0.3 is 24.4 Å². The van der Waals surface area contributed by atoms with Gasteiger partial charge in [-0.2, -0.15) is 0 Å². The van der Waals surface area contributed by atoms with Crippen molar-refractivity contribution in [2.24, 2.45) is 5.41 Å². The Kier molecular flexibility index (Phi) is 5.66. The monoisotopic (exact) mass is 336 g/mol. The molecule has 0 unspecified atom stereocenters. The largest absolute Gasteiger partial charge is 0.497 e. The lowest BCUT2D eigenvalue weighted by Crippen LogP contribution is -2.51. The van der Waals surface area contributed by atoms with Gasteiger partial charge in [-0.25, -0.2) is 0 Å². The van der Waals surface area contributed by atoms with E-state index in [0.29, 0.717) is 43.5 Å². The summed E-state index contributed by atoms with van der Waals surface area (Å²) < 4.78 is 15.7. The van der Waals surface area contributed by atoms with E-state index in [2.05, 4.69) is 5.32 Å². The highest BCUT2D eigenvalue weighted by molar-refractivity contribution is 6.10. The summed E-state index contributed by atoms with van der Waals surface area (Å²) in [6.45, 7) is 5.22. The topological polar surface area (TPSA) is 77.1 Å². The van der Waals surface area contributed by atoms with Gasteiger partial charge in [0.25, 0.3) is 0 Å². The van der Waals surface area contributed by atoms with E-state index in [0.717, 1.165) is 0 Å². The molecule has 0 spiro atoms. The number of anilines is 1. The van der Waals surface area contributed by atoms with Crippen LogP contribution in [0.3, 0.4) is 0 Å². The van der Waals surface area contributed by atoms with Gasteiger partial charge in [-0.3, -0.25) is 9.59 Å². The normalized spacial score (nSPS) is 14.9. The molecule has 1 N–H and O–H groups in total. The molecule has 1 saturated heterocycles. The van der Waals surface area contributed by atoms with E-state index in [9.17, 15) is 9.59 Å². The fourth-order valence-corrected chi connectivity index (χ4v) is 2.45. The summed E-state index contributed by atoms with van der Waals surface area (Å²) in [6, 6.07) is 5.09. The number of amides is 2. The van der Waals surface area contributed by atoms with Crippen LogP contribution in [0.25, 0.3) is 0 Å². The molecule has 7 nitrogen and oxygen atoms in total. The van der Waals surface area contributed by atoms with Gasteiger partial charge in [0.2, 0.25) is 11.8 Å². The first-order valence-electron chi connectivity index (χ1n) is 7.80. The highest BCUT2D eigenvalue weighted by Gasteiger charge is 2.40. The lowest BCUT2D eigenvalue weighted by molar-refractivity contribution is -0.149. The second kappa shape index (κ2) is 7.53. The Hall–Kier alpha value is -2.28. The zero-order valence-corrected chi connectivity index (χ0v) is 14.5. The second-order valence-corrected chi connectivity index (χ2v) is 6.05. The van der Waals surface area contributed by atoms with Crippen molar-refractivity contribution in [2.75, 3.05) is 45.8 Å². The van der Waals surface area contributed by atoms with Gasteiger partial charge in [-0.15, -0.1) is 0 Å². The van der Waals surface area contributed by atoms with E-state index < -0.39 is 11.3 Å². The second-order valence-electron chi connectivity index (χ2n) is 6.05. The van der Waals surface area contributed by atoms with Crippen LogP contribution in [0.2, 0.25) is 0 Å². The minimum Gasteiger partial charge on any atom is -0.497 e. The number of nitrogens with one attached hydrogen (secondary N) is 1. The molecular formula is C17H24N2O5. The molecule has 0 atom stereocenters. The number of rotatable bonds is 5. The van der Waals surface area contributed by atoms with Crippen molar-refractivity contribution >= 4 is 17.5 Å². The molecule has 24 heavy (non-hydrogen) atoms. The molecule has 1 aliphatic rings. The van der Waals surface area contributed by atoms with Crippen LogP contribution in [0.5, 0.6) is 11.5 Å². The molecule has 1 aromatic carbocycles. The van der Waals surface area contributed by atoms with Crippen molar-refractivity contribution in [3.05, 3.63) is 18.2 Å².